The lowest BCUT2D eigenvalue weighted by Gasteiger charge is -2.06. The van der Waals surface area contributed by atoms with E-state index in [2.05, 4.69) is 4.98 Å². The molecule has 0 radical (unpaired) electrons. The summed E-state index contributed by atoms with van der Waals surface area (Å²) in [6.07, 6.45) is 1.44. The number of hydrogen-bond donors (Lipinski definition) is 1. The van der Waals surface area contributed by atoms with Crippen molar-refractivity contribution >= 4 is 17.4 Å². The van der Waals surface area contributed by atoms with Gasteiger partial charge in [0.1, 0.15) is 17.7 Å². The van der Waals surface area contributed by atoms with Crippen molar-refractivity contribution in [2.75, 3.05) is 5.73 Å². The fourth-order valence-corrected chi connectivity index (χ4v) is 2.22. The third-order valence-corrected chi connectivity index (χ3v) is 3.25. The molecule has 2 rings (SSSR count). The predicted molar refractivity (Wildman–Crippen MR) is 63.8 cm³/mol. The van der Waals surface area contributed by atoms with Crippen LogP contribution < -0.4 is 5.73 Å². The van der Waals surface area contributed by atoms with Crippen LogP contribution in [0.1, 0.15) is 5.69 Å². The van der Waals surface area contributed by atoms with Gasteiger partial charge >= 0.3 is 0 Å². The number of nitrogen functional groups attached to an aromatic ring is 1. The average Bonchev–Trinajstić information content (AvgIpc) is 2.34. The van der Waals surface area contributed by atoms with Crippen LogP contribution in [0.4, 0.5) is 14.5 Å². The van der Waals surface area contributed by atoms with E-state index >= 15 is 0 Å². The lowest BCUT2D eigenvalue weighted by molar-refractivity contribution is 0.542. The molecule has 18 heavy (non-hydrogen) atoms. The van der Waals surface area contributed by atoms with Crippen molar-refractivity contribution in [2.45, 2.75) is 9.79 Å². The number of halogens is 2. The summed E-state index contributed by atoms with van der Waals surface area (Å²) in [4.78, 5) is 4.01. The highest BCUT2D eigenvalue weighted by atomic mass is 32.2. The smallest absolute Gasteiger partial charge is 0.154 e. The topological polar surface area (TPSA) is 62.7 Å². The van der Waals surface area contributed by atoms with Crippen molar-refractivity contribution < 1.29 is 8.78 Å². The SMILES string of the molecule is N#Cc1ncccc1Sc1c(F)cc(N)cc1F. The standard InChI is InChI=1S/C12H7F2N3S/c13-8-4-7(16)5-9(14)12(8)18-11-2-1-3-17-10(11)6-15/h1-5H,16H2. The summed E-state index contributed by atoms with van der Waals surface area (Å²) >= 11 is 0.810. The summed E-state index contributed by atoms with van der Waals surface area (Å²) in [6, 6.07) is 7.10. The third-order valence-electron chi connectivity index (χ3n) is 2.11. The van der Waals surface area contributed by atoms with E-state index in [-0.39, 0.29) is 16.3 Å². The predicted octanol–water partition coefficient (Wildman–Crippen LogP) is 2.96. The maximum Gasteiger partial charge on any atom is 0.154 e. The van der Waals surface area contributed by atoms with Gasteiger partial charge in [-0.3, -0.25) is 0 Å². The number of rotatable bonds is 2. The van der Waals surface area contributed by atoms with Gasteiger partial charge in [-0.2, -0.15) is 5.26 Å². The highest BCUT2D eigenvalue weighted by Crippen LogP contribution is 2.34. The maximum absolute atomic E-state index is 13.6. The zero-order chi connectivity index (χ0) is 13.1. The van der Waals surface area contributed by atoms with Gasteiger partial charge in [0.2, 0.25) is 0 Å². The van der Waals surface area contributed by atoms with Crippen LogP contribution in [0.2, 0.25) is 0 Å². The molecule has 0 saturated heterocycles. The Morgan fingerprint density at radius 1 is 1.28 bits per heavy atom. The molecular weight excluding hydrogens is 256 g/mol. The van der Waals surface area contributed by atoms with E-state index in [0.717, 1.165) is 23.9 Å². The second kappa shape index (κ2) is 5.02. The molecule has 1 heterocycles. The number of nitriles is 1. The number of nitrogens with zero attached hydrogens (tertiary/aromatic N) is 2. The van der Waals surface area contributed by atoms with Crippen LogP contribution in [-0.4, -0.2) is 4.98 Å². The van der Waals surface area contributed by atoms with Gasteiger partial charge < -0.3 is 5.73 Å². The minimum absolute atomic E-state index is 0.0149. The average molecular weight is 263 g/mol. The highest BCUT2D eigenvalue weighted by molar-refractivity contribution is 7.99. The molecule has 0 amide bonds. The summed E-state index contributed by atoms with van der Waals surface area (Å²) in [6.45, 7) is 0. The third kappa shape index (κ3) is 2.41. The Hall–Kier alpha value is -2.13. The fraction of sp³-hybridized carbons (Fsp3) is 0. The van der Waals surface area contributed by atoms with E-state index < -0.39 is 11.6 Å². The van der Waals surface area contributed by atoms with Crippen LogP contribution in [0.3, 0.4) is 0 Å². The molecule has 2 N–H and O–H groups in total. The Kier molecular flexibility index (Phi) is 3.44. The Morgan fingerprint density at radius 3 is 2.56 bits per heavy atom. The summed E-state index contributed by atoms with van der Waals surface area (Å²) < 4.78 is 27.2. The van der Waals surface area contributed by atoms with E-state index in [1.807, 2.05) is 6.07 Å². The zero-order valence-electron chi connectivity index (χ0n) is 9.02. The first-order valence-corrected chi connectivity index (χ1v) is 5.71. The molecule has 2 aromatic rings. The Balaban J connectivity index is 2.44. The van der Waals surface area contributed by atoms with Crippen molar-refractivity contribution in [2.24, 2.45) is 0 Å². The van der Waals surface area contributed by atoms with E-state index in [0.29, 0.717) is 4.90 Å². The van der Waals surface area contributed by atoms with Gasteiger partial charge in [-0.25, -0.2) is 13.8 Å². The molecule has 3 nitrogen and oxygen atoms in total. The van der Waals surface area contributed by atoms with E-state index in [1.165, 1.54) is 6.20 Å². The number of pyridine rings is 1. The molecule has 0 atom stereocenters. The fourth-order valence-electron chi connectivity index (χ4n) is 1.34. The van der Waals surface area contributed by atoms with Gasteiger partial charge in [-0.05, 0) is 24.3 Å². The van der Waals surface area contributed by atoms with Crippen molar-refractivity contribution in [3.05, 3.63) is 47.8 Å². The van der Waals surface area contributed by atoms with Crippen molar-refractivity contribution in [1.29, 1.82) is 5.26 Å². The Labute approximate surface area is 106 Å². The number of aromatic nitrogens is 1. The minimum atomic E-state index is -0.759. The molecule has 0 aliphatic heterocycles. The molecule has 0 spiro atoms. The lowest BCUT2D eigenvalue weighted by Crippen LogP contribution is -1.94. The first-order chi connectivity index (χ1) is 8.61. The largest absolute Gasteiger partial charge is 0.399 e. The summed E-state index contributed by atoms with van der Waals surface area (Å²) in [5, 5.41) is 8.85. The van der Waals surface area contributed by atoms with Crippen LogP contribution in [-0.2, 0) is 0 Å². The molecule has 0 aliphatic rings. The second-order valence-electron chi connectivity index (χ2n) is 3.38. The quantitative estimate of drug-likeness (QED) is 0.846. The van der Waals surface area contributed by atoms with E-state index in [9.17, 15) is 8.78 Å². The first-order valence-electron chi connectivity index (χ1n) is 4.89. The maximum atomic E-state index is 13.6. The Bertz CT molecular complexity index is 614. The molecule has 90 valence electrons. The van der Waals surface area contributed by atoms with Crippen LogP contribution >= 0.6 is 11.8 Å². The zero-order valence-corrected chi connectivity index (χ0v) is 9.84. The monoisotopic (exact) mass is 263 g/mol. The molecule has 0 saturated carbocycles. The molecule has 0 bridgehead atoms. The molecule has 1 aromatic carbocycles. The number of anilines is 1. The molecule has 0 unspecified atom stereocenters. The minimum Gasteiger partial charge on any atom is -0.399 e. The van der Waals surface area contributed by atoms with Crippen LogP contribution in [0.5, 0.6) is 0 Å². The lowest BCUT2D eigenvalue weighted by atomic mass is 10.3. The second-order valence-corrected chi connectivity index (χ2v) is 4.43. The van der Waals surface area contributed by atoms with Gasteiger partial charge in [0.05, 0.1) is 4.90 Å². The van der Waals surface area contributed by atoms with E-state index in [4.69, 9.17) is 11.0 Å². The van der Waals surface area contributed by atoms with Gasteiger partial charge in [0.25, 0.3) is 0 Å². The van der Waals surface area contributed by atoms with Gasteiger partial charge in [0.15, 0.2) is 5.69 Å². The molecule has 1 aromatic heterocycles. The molecule has 0 fully saturated rings. The number of nitrogens with two attached hydrogens (primary N) is 1. The van der Waals surface area contributed by atoms with Crippen LogP contribution in [0.15, 0.2) is 40.3 Å². The van der Waals surface area contributed by atoms with Crippen molar-refractivity contribution in [1.82, 2.24) is 4.98 Å². The molecular formula is C12H7F2N3S. The van der Waals surface area contributed by atoms with Crippen LogP contribution in [0.25, 0.3) is 0 Å². The number of hydrogen-bond acceptors (Lipinski definition) is 4. The van der Waals surface area contributed by atoms with Gasteiger partial charge in [0, 0.05) is 16.8 Å². The molecule has 6 heteroatoms. The summed E-state index contributed by atoms with van der Waals surface area (Å²) in [5.74, 6) is -1.52. The summed E-state index contributed by atoms with van der Waals surface area (Å²) in [5.41, 5.74) is 5.46. The van der Waals surface area contributed by atoms with E-state index in [1.54, 1.807) is 12.1 Å². The number of benzene rings is 1. The van der Waals surface area contributed by atoms with Crippen molar-refractivity contribution in [3.63, 3.8) is 0 Å². The normalized spacial score (nSPS) is 10.1. The van der Waals surface area contributed by atoms with Crippen molar-refractivity contribution in [3.8, 4) is 6.07 Å². The molecule has 0 aliphatic carbocycles. The summed E-state index contributed by atoms with van der Waals surface area (Å²) in [7, 11) is 0. The van der Waals surface area contributed by atoms with Gasteiger partial charge in [-0.1, -0.05) is 11.8 Å². The Morgan fingerprint density at radius 2 is 1.94 bits per heavy atom. The van der Waals surface area contributed by atoms with Crippen LogP contribution in [0, 0.1) is 23.0 Å². The highest BCUT2D eigenvalue weighted by Gasteiger charge is 2.14. The first kappa shape index (κ1) is 12.3. The van der Waals surface area contributed by atoms with Gasteiger partial charge in [-0.15, -0.1) is 0 Å².